The fraction of sp³-hybridized carbons (Fsp3) is 0.314. The number of azo groups is 2. The Morgan fingerprint density at radius 3 is 1.44 bits per heavy atom. The monoisotopic (exact) mass is 1160 g/mol. The zero-order chi connectivity index (χ0) is 56.4. The second kappa shape index (κ2) is 25.4. The molecular formula is C51H53N15O8S5. The Labute approximate surface area is 469 Å². The molecule has 1 aliphatic carbocycles. The molecule has 79 heavy (non-hydrogen) atoms. The molecule has 0 amide bonds. The van der Waals surface area contributed by atoms with Crippen LogP contribution in [0.2, 0.25) is 0 Å². The van der Waals surface area contributed by atoms with Gasteiger partial charge in [0, 0.05) is 53.9 Å². The SMILES string of the molecule is CCN(CC)c1ccc(/N=N/c2snc(-c3ccc(OC)c(S(=O)(=O)O)c3)c2C#N)c(Nc2nc(Nc3cc(N(CC)CC)ccc3/N=N/c3snc(-c4ccc(OC)c(S(=O)(=O)O)c4)c3C#N)nc(SC3CCCCC3)n2)c1. The highest BCUT2D eigenvalue weighted by Gasteiger charge is 2.25. The summed E-state index contributed by atoms with van der Waals surface area (Å²) in [7, 11) is -6.84. The Kier molecular flexibility index (Phi) is 18.5. The summed E-state index contributed by atoms with van der Waals surface area (Å²) in [5, 5.41) is 46.7. The smallest absolute Gasteiger partial charge is 0.298 e. The van der Waals surface area contributed by atoms with E-state index in [2.05, 4.69) is 61.8 Å². The van der Waals surface area contributed by atoms with E-state index < -0.39 is 30.0 Å². The maximum Gasteiger partial charge on any atom is 0.298 e. The van der Waals surface area contributed by atoms with Crippen LogP contribution >= 0.6 is 34.8 Å². The van der Waals surface area contributed by atoms with E-state index >= 15 is 0 Å². The molecule has 1 aliphatic rings. The Morgan fingerprint density at radius 2 is 1.06 bits per heavy atom. The molecule has 1 saturated carbocycles. The normalized spacial score (nSPS) is 13.1. The van der Waals surface area contributed by atoms with Gasteiger partial charge in [0.15, 0.2) is 15.2 Å². The quantitative estimate of drug-likeness (QED) is 0.0362. The minimum atomic E-state index is -4.69. The van der Waals surface area contributed by atoms with Crippen molar-refractivity contribution in [3.63, 3.8) is 0 Å². The first-order chi connectivity index (χ1) is 38.0. The molecule has 4 N–H and O–H groups in total. The predicted molar refractivity (Wildman–Crippen MR) is 305 cm³/mol. The molecule has 410 valence electrons. The van der Waals surface area contributed by atoms with Crippen LogP contribution in [0.1, 0.15) is 70.9 Å². The van der Waals surface area contributed by atoms with Crippen molar-refractivity contribution >= 4 is 111 Å². The van der Waals surface area contributed by atoms with Gasteiger partial charge < -0.3 is 29.9 Å². The molecule has 3 heterocycles. The van der Waals surface area contributed by atoms with Crippen molar-refractivity contribution in [3.8, 4) is 46.2 Å². The molecule has 8 rings (SSSR count). The van der Waals surface area contributed by atoms with E-state index in [4.69, 9.17) is 24.4 Å². The van der Waals surface area contributed by atoms with Crippen LogP contribution in [0, 0.1) is 22.7 Å². The number of nitrogens with one attached hydrogen (secondary N) is 2. The number of ether oxygens (including phenoxy) is 2. The summed E-state index contributed by atoms with van der Waals surface area (Å²) in [4.78, 5) is 18.1. The van der Waals surface area contributed by atoms with Crippen LogP contribution in [-0.4, -0.2) is 95.3 Å². The van der Waals surface area contributed by atoms with Crippen molar-refractivity contribution in [2.75, 3.05) is 60.8 Å². The molecule has 0 unspecified atom stereocenters. The molecule has 23 nitrogen and oxygen atoms in total. The summed E-state index contributed by atoms with van der Waals surface area (Å²) in [6.07, 6.45) is 5.29. The van der Waals surface area contributed by atoms with Gasteiger partial charge in [-0.25, -0.2) is 0 Å². The Morgan fingerprint density at radius 1 is 0.633 bits per heavy atom. The molecule has 3 aromatic heterocycles. The molecule has 1 fully saturated rings. The number of benzene rings is 4. The van der Waals surface area contributed by atoms with Gasteiger partial charge >= 0.3 is 0 Å². The molecule has 0 bridgehead atoms. The van der Waals surface area contributed by atoms with Crippen LogP contribution in [0.15, 0.2) is 108 Å². The fourth-order valence-electron chi connectivity index (χ4n) is 8.63. The number of rotatable bonds is 22. The third-order valence-corrected chi connectivity index (χ3v) is 17.1. The van der Waals surface area contributed by atoms with Gasteiger partial charge in [-0.2, -0.15) is 51.1 Å². The van der Waals surface area contributed by atoms with Crippen molar-refractivity contribution in [2.45, 2.75) is 80.0 Å². The zero-order valence-electron chi connectivity index (χ0n) is 43.6. The lowest BCUT2D eigenvalue weighted by atomic mass is 10.0. The Bertz CT molecular complexity index is 3520. The van der Waals surface area contributed by atoms with Gasteiger partial charge in [-0.05, 0) is 136 Å². The summed E-state index contributed by atoms with van der Waals surface area (Å²) in [6.45, 7) is 11.0. The number of aromatic nitrogens is 5. The zero-order valence-corrected chi connectivity index (χ0v) is 47.7. The predicted octanol–water partition coefficient (Wildman–Crippen LogP) is 12.8. The van der Waals surface area contributed by atoms with Gasteiger partial charge in [0.2, 0.25) is 11.9 Å². The van der Waals surface area contributed by atoms with Gasteiger partial charge in [0.25, 0.3) is 20.2 Å². The summed E-state index contributed by atoms with van der Waals surface area (Å²) in [5.41, 5.74) is 4.18. The molecule has 0 aliphatic heterocycles. The lowest BCUT2D eigenvalue weighted by Crippen LogP contribution is -2.21. The summed E-state index contributed by atoms with van der Waals surface area (Å²) >= 11 is 3.33. The molecule has 0 spiro atoms. The largest absolute Gasteiger partial charge is 0.495 e. The van der Waals surface area contributed by atoms with Crippen molar-refractivity contribution in [2.24, 2.45) is 20.5 Å². The van der Waals surface area contributed by atoms with E-state index in [9.17, 15) is 36.5 Å². The Balaban J connectivity index is 1.18. The highest BCUT2D eigenvalue weighted by Crippen LogP contribution is 2.42. The highest BCUT2D eigenvalue weighted by atomic mass is 32.2. The van der Waals surface area contributed by atoms with Crippen molar-refractivity contribution in [1.82, 2.24) is 23.7 Å². The first-order valence-electron chi connectivity index (χ1n) is 24.7. The van der Waals surface area contributed by atoms with Gasteiger partial charge in [-0.3, -0.25) is 9.11 Å². The number of methoxy groups -OCH3 is 2. The molecule has 0 radical (unpaired) electrons. The van der Waals surface area contributed by atoms with Crippen LogP contribution in [0.4, 0.5) is 56.0 Å². The standard InChI is InChI=1S/C51H53N15O8S5/c1-7-65(8-2)32-18-20-37(59-61-47-35(28-52)45(63-76-47)30-16-22-41(73-5)43(24-30)78(67,68)69)39(26-32)54-49-56-50(58-51(57-49)75-34-14-12-11-13-15-34)55-40-27-33(66(9-3)10-4)19-21-38(40)60-62-48-36(29-53)46(64-77-48)31-17-23-42(74-6)44(25-31)79(70,71)72/h16-27,34H,7-15H2,1-6H3,(H,67,68,69)(H,70,71,72)(H2,54,55,56,57,58)/b61-59+,62-60+. The van der Waals surface area contributed by atoms with Crippen molar-refractivity contribution in [1.29, 1.82) is 10.5 Å². The van der Waals surface area contributed by atoms with E-state index in [0.717, 1.165) is 66.5 Å². The summed E-state index contributed by atoms with van der Waals surface area (Å²) in [5.74, 6) is 0.176. The average Bonchev–Trinajstić information content (AvgIpc) is 4.15. The van der Waals surface area contributed by atoms with Crippen molar-refractivity contribution in [3.05, 3.63) is 83.9 Å². The van der Waals surface area contributed by atoms with E-state index in [1.807, 2.05) is 52.0 Å². The van der Waals surface area contributed by atoms with Crippen LogP contribution in [0.3, 0.4) is 0 Å². The van der Waals surface area contributed by atoms with E-state index in [-0.39, 0.29) is 72.3 Å². The van der Waals surface area contributed by atoms with E-state index in [1.54, 1.807) is 23.9 Å². The molecule has 4 aromatic carbocycles. The summed E-state index contributed by atoms with van der Waals surface area (Å²) in [6, 6.07) is 23.5. The number of nitrogens with zero attached hydrogens (tertiary/aromatic N) is 13. The number of hydrogen-bond donors (Lipinski definition) is 4. The second-order valence-corrected chi connectivity index (χ2v) is 22.9. The third kappa shape index (κ3) is 13.4. The summed E-state index contributed by atoms with van der Waals surface area (Å²) < 4.78 is 87.8. The topological polar surface area (TPSA) is 319 Å². The minimum absolute atomic E-state index is 0.0312. The molecule has 7 aromatic rings. The van der Waals surface area contributed by atoms with Crippen molar-refractivity contribution < 1.29 is 35.4 Å². The van der Waals surface area contributed by atoms with Gasteiger partial charge in [0.05, 0.1) is 25.6 Å². The van der Waals surface area contributed by atoms with E-state index in [1.165, 1.54) is 50.6 Å². The maximum absolute atomic E-state index is 12.2. The molecular weight excluding hydrogens is 1110 g/mol. The third-order valence-electron chi connectivity index (χ3n) is 12.6. The highest BCUT2D eigenvalue weighted by molar-refractivity contribution is 7.99. The van der Waals surface area contributed by atoms with E-state index in [0.29, 0.717) is 54.1 Å². The van der Waals surface area contributed by atoms with Crippen LogP contribution in [0.5, 0.6) is 11.5 Å². The fourth-order valence-corrected chi connectivity index (χ4v) is 12.5. The van der Waals surface area contributed by atoms with Crippen LogP contribution in [-0.2, 0) is 20.2 Å². The molecule has 0 saturated heterocycles. The molecule has 0 atom stereocenters. The number of thioether (sulfide) groups is 1. The molecule has 28 heteroatoms. The van der Waals surface area contributed by atoms with Gasteiger partial charge in [-0.1, -0.05) is 31.0 Å². The lowest BCUT2D eigenvalue weighted by molar-refractivity contribution is 0.397. The maximum atomic E-state index is 12.2. The minimum Gasteiger partial charge on any atom is -0.495 e. The number of anilines is 6. The van der Waals surface area contributed by atoms with Gasteiger partial charge in [0.1, 0.15) is 67.3 Å². The van der Waals surface area contributed by atoms with Crippen LogP contribution in [0.25, 0.3) is 22.5 Å². The Hall–Kier alpha value is -7.70. The van der Waals surface area contributed by atoms with Crippen LogP contribution < -0.4 is 29.9 Å². The lowest BCUT2D eigenvalue weighted by Gasteiger charge is -2.23. The average molecular weight is 1160 g/mol. The first-order valence-corrected chi connectivity index (χ1v) is 30.0. The van der Waals surface area contributed by atoms with Gasteiger partial charge in [-0.15, -0.1) is 20.5 Å². The first kappa shape index (κ1) is 57.5. The number of hydrogen-bond acceptors (Lipinski definition) is 24. The second-order valence-electron chi connectivity index (χ2n) is 17.4. The number of nitriles is 2.